The summed E-state index contributed by atoms with van der Waals surface area (Å²) in [5, 5.41) is 12.6. The zero-order valence-corrected chi connectivity index (χ0v) is 9.66. The lowest BCUT2D eigenvalue weighted by atomic mass is 9.96. The fourth-order valence-electron chi connectivity index (χ4n) is 1.48. The summed E-state index contributed by atoms with van der Waals surface area (Å²) < 4.78 is 13.0. The molecule has 0 aromatic heterocycles. The third-order valence-corrected chi connectivity index (χ3v) is 2.86. The molecule has 90 valence electrons. The standard InChI is InChI=1S/C11H9ClFNO3/c1-11(10(15)16)5-9(14-17-11)6-2-3-8(13)7(12)4-6/h2-4H,5H2,1H3,(H,15,16). The van der Waals surface area contributed by atoms with Crippen molar-refractivity contribution in [3.63, 3.8) is 0 Å². The van der Waals surface area contributed by atoms with Crippen LogP contribution in [0, 0.1) is 5.82 Å². The molecule has 4 nitrogen and oxygen atoms in total. The van der Waals surface area contributed by atoms with Crippen LogP contribution in [0.2, 0.25) is 5.02 Å². The van der Waals surface area contributed by atoms with Gasteiger partial charge in [-0.25, -0.2) is 9.18 Å². The van der Waals surface area contributed by atoms with Gasteiger partial charge in [-0.3, -0.25) is 0 Å². The smallest absolute Gasteiger partial charge is 0.351 e. The molecule has 1 aliphatic rings. The van der Waals surface area contributed by atoms with Gasteiger partial charge in [0.15, 0.2) is 0 Å². The molecule has 1 aliphatic heterocycles. The van der Waals surface area contributed by atoms with Gasteiger partial charge in [0.2, 0.25) is 5.60 Å². The van der Waals surface area contributed by atoms with Gasteiger partial charge in [-0.1, -0.05) is 22.8 Å². The van der Waals surface area contributed by atoms with Gasteiger partial charge in [-0.2, -0.15) is 0 Å². The van der Waals surface area contributed by atoms with E-state index in [-0.39, 0.29) is 11.4 Å². The van der Waals surface area contributed by atoms with E-state index in [0.29, 0.717) is 11.3 Å². The average molecular weight is 258 g/mol. The lowest BCUT2D eigenvalue weighted by Crippen LogP contribution is -2.35. The molecule has 0 spiro atoms. The molecule has 1 aromatic carbocycles. The molecule has 1 aromatic rings. The van der Waals surface area contributed by atoms with Crippen molar-refractivity contribution in [1.29, 1.82) is 0 Å². The number of carboxylic acids is 1. The SMILES string of the molecule is CC1(C(=O)O)CC(c2ccc(F)c(Cl)c2)=NO1. The first-order valence-corrected chi connectivity index (χ1v) is 5.24. The molecular weight excluding hydrogens is 249 g/mol. The number of rotatable bonds is 2. The Morgan fingerprint density at radius 3 is 2.88 bits per heavy atom. The number of aliphatic carboxylic acids is 1. The molecule has 17 heavy (non-hydrogen) atoms. The highest BCUT2D eigenvalue weighted by Crippen LogP contribution is 2.28. The maximum atomic E-state index is 13.0. The Labute approximate surface area is 102 Å². The zero-order valence-electron chi connectivity index (χ0n) is 8.91. The second-order valence-electron chi connectivity index (χ2n) is 3.97. The Morgan fingerprint density at radius 2 is 2.35 bits per heavy atom. The number of carboxylic acid groups (broad SMARTS) is 1. The van der Waals surface area contributed by atoms with Crippen LogP contribution in [0.5, 0.6) is 0 Å². The van der Waals surface area contributed by atoms with E-state index >= 15 is 0 Å². The Hall–Kier alpha value is -1.62. The molecule has 2 rings (SSSR count). The first-order chi connectivity index (χ1) is 7.92. The maximum Gasteiger partial charge on any atom is 0.351 e. The molecule has 0 bridgehead atoms. The van der Waals surface area contributed by atoms with Gasteiger partial charge >= 0.3 is 5.97 Å². The van der Waals surface area contributed by atoms with Crippen molar-refractivity contribution < 1.29 is 19.1 Å². The number of hydrogen-bond donors (Lipinski definition) is 1. The van der Waals surface area contributed by atoms with Crippen molar-refractivity contribution in [2.75, 3.05) is 0 Å². The molecule has 0 saturated heterocycles. The van der Waals surface area contributed by atoms with Crippen molar-refractivity contribution in [1.82, 2.24) is 0 Å². The van der Waals surface area contributed by atoms with Gasteiger partial charge in [-0.15, -0.1) is 0 Å². The van der Waals surface area contributed by atoms with E-state index < -0.39 is 17.4 Å². The van der Waals surface area contributed by atoms with E-state index in [1.807, 2.05) is 0 Å². The molecule has 0 saturated carbocycles. The highest BCUT2D eigenvalue weighted by Gasteiger charge is 2.42. The van der Waals surface area contributed by atoms with Crippen molar-refractivity contribution in [3.8, 4) is 0 Å². The summed E-state index contributed by atoms with van der Waals surface area (Å²) in [6.07, 6.45) is 0.115. The number of oxime groups is 1. The average Bonchev–Trinajstić information content (AvgIpc) is 2.67. The summed E-state index contributed by atoms with van der Waals surface area (Å²) in [7, 11) is 0. The van der Waals surface area contributed by atoms with Crippen molar-refractivity contribution in [3.05, 3.63) is 34.6 Å². The quantitative estimate of drug-likeness (QED) is 0.885. The third kappa shape index (κ3) is 2.10. The van der Waals surface area contributed by atoms with Crippen molar-refractivity contribution in [2.45, 2.75) is 18.9 Å². The van der Waals surface area contributed by atoms with E-state index in [4.69, 9.17) is 21.5 Å². The number of benzene rings is 1. The van der Waals surface area contributed by atoms with Crippen LogP contribution in [0.3, 0.4) is 0 Å². The molecule has 1 atom stereocenters. The van der Waals surface area contributed by atoms with Gasteiger partial charge < -0.3 is 9.94 Å². The van der Waals surface area contributed by atoms with Crippen LogP contribution in [-0.2, 0) is 9.63 Å². The predicted molar refractivity (Wildman–Crippen MR) is 59.7 cm³/mol. The van der Waals surface area contributed by atoms with Crippen LogP contribution in [0.25, 0.3) is 0 Å². The fraction of sp³-hybridized carbons (Fsp3) is 0.273. The van der Waals surface area contributed by atoms with Gasteiger partial charge in [0.1, 0.15) is 5.82 Å². The molecule has 1 unspecified atom stereocenters. The first-order valence-electron chi connectivity index (χ1n) is 4.86. The van der Waals surface area contributed by atoms with Gasteiger partial charge in [0, 0.05) is 12.0 Å². The Bertz CT molecular complexity index is 517. The zero-order chi connectivity index (χ0) is 12.6. The molecule has 0 radical (unpaired) electrons. The largest absolute Gasteiger partial charge is 0.478 e. The van der Waals surface area contributed by atoms with E-state index in [0.717, 1.165) is 0 Å². The monoisotopic (exact) mass is 257 g/mol. The molecule has 0 amide bonds. The highest BCUT2D eigenvalue weighted by atomic mass is 35.5. The highest BCUT2D eigenvalue weighted by molar-refractivity contribution is 6.31. The van der Waals surface area contributed by atoms with Crippen LogP contribution < -0.4 is 0 Å². The summed E-state index contributed by atoms with van der Waals surface area (Å²) in [5.74, 6) is -1.62. The second-order valence-corrected chi connectivity index (χ2v) is 4.38. The fourth-order valence-corrected chi connectivity index (χ4v) is 1.67. The Morgan fingerprint density at radius 1 is 1.65 bits per heavy atom. The molecule has 0 aliphatic carbocycles. The summed E-state index contributed by atoms with van der Waals surface area (Å²) in [4.78, 5) is 15.8. The second kappa shape index (κ2) is 4.00. The Kier molecular flexibility index (Phi) is 2.79. The molecule has 1 heterocycles. The molecule has 6 heteroatoms. The minimum absolute atomic E-state index is 0.0332. The summed E-state index contributed by atoms with van der Waals surface area (Å²) in [5.41, 5.74) is -0.367. The normalized spacial score (nSPS) is 23.1. The Balaban J connectivity index is 2.26. The summed E-state index contributed by atoms with van der Waals surface area (Å²) in [6.45, 7) is 1.43. The topological polar surface area (TPSA) is 58.9 Å². The molecule has 0 fully saturated rings. The lowest BCUT2D eigenvalue weighted by molar-refractivity contribution is -0.160. The predicted octanol–water partition coefficient (Wildman–Crippen LogP) is 2.45. The molecular formula is C11H9ClFNO3. The van der Waals surface area contributed by atoms with E-state index in [2.05, 4.69) is 5.16 Å². The number of halogens is 2. The minimum atomic E-state index is -1.36. The van der Waals surface area contributed by atoms with E-state index in [9.17, 15) is 9.18 Å². The van der Waals surface area contributed by atoms with Crippen LogP contribution >= 0.6 is 11.6 Å². The van der Waals surface area contributed by atoms with Crippen molar-refractivity contribution >= 4 is 23.3 Å². The van der Waals surface area contributed by atoms with Crippen LogP contribution in [0.4, 0.5) is 4.39 Å². The van der Waals surface area contributed by atoms with E-state index in [1.54, 1.807) is 0 Å². The number of nitrogens with zero attached hydrogens (tertiary/aromatic N) is 1. The van der Waals surface area contributed by atoms with Gasteiger partial charge in [-0.05, 0) is 19.1 Å². The van der Waals surface area contributed by atoms with Crippen LogP contribution in [0.15, 0.2) is 23.4 Å². The van der Waals surface area contributed by atoms with Crippen LogP contribution in [0.1, 0.15) is 18.9 Å². The minimum Gasteiger partial charge on any atom is -0.478 e. The van der Waals surface area contributed by atoms with Gasteiger partial charge in [0.25, 0.3) is 0 Å². The first kappa shape index (κ1) is 11.9. The van der Waals surface area contributed by atoms with Crippen molar-refractivity contribution in [2.24, 2.45) is 5.16 Å². The molecule has 1 N–H and O–H groups in total. The van der Waals surface area contributed by atoms with Gasteiger partial charge in [0.05, 0.1) is 10.7 Å². The summed E-state index contributed by atoms with van der Waals surface area (Å²) >= 11 is 5.64. The lowest BCUT2D eigenvalue weighted by Gasteiger charge is -2.14. The van der Waals surface area contributed by atoms with E-state index in [1.165, 1.54) is 25.1 Å². The number of carbonyl (C=O) groups is 1. The maximum absolute atomic E-state index is 13.0. The van der Waals surface area contributed by atoms with Crippen LogP contribution in [-0.4, -0.2) is 22.4 Å². The summed E-state index contributed by atoms with van der Waals surface area (Å²) in [6, 6.07) is 4.08. The number of hydrogen-bond acceptors (Lipinski definition) is 3. The third-order valence-electron chi connectivity index (χ3n) is 2.57.